The molecule has 1 atom stereocenters. The van der Waals surface area contributed by atoms with Gasteiger partial charge in [0.1, 0.15) is 18.0 Å². The highest BCUT2D eigenvalue weighted by atomic mass is 19.1. The first-order chi connectivity index (χ1) is 22.0. The van der Waals surface area contributed by atoms with Crippen LogP contribution in [0.3, 0.4) is 0 Å². The van der Waals surface area contributed by atoms with E-state index >= 15 is 4.39 Å². The van der Waals surface area contributed by atoms with Crippen LogP contribution in [0, 0.1) is 11.7 Å². The number of fused-ring (bicyclic) bond motifs is 1. The summed E-state index contributed by atoms with van der Waals surface area (Å²) in [7, 11) is 0. The van der Waals surface area contributed by atoms with Crippen molar-refractivity contribution in [1.82, 2.24) is 15.3 Å². The average molecular weight is 603 g/mol. The maximum atomic E-state index is 15.5. The summed E-state index contributed by atoms with van der Waals surface area (Å²) in [5.74, 6) is 0.787. The second kappa shape index (κ2) is 15.4. The fourth-order valence-electron chi connectivity index (χ4n) is 6.00. The molecule has 1 aromatic heterocycles. The lowest BCUT2D eigenvalue weighted by molar-refractivity contribution is 0.446. The molecule has 0 aliphatic carbocycles. The first-order valence-electron chi connectivity index (χ1n) is 15.9. The standard InChI is InChI=1S/C38H43FN6/c1-5-8-11-27(16-17-40-7-3)20-32-23-33-37(24-30(32)10-6-2)41-25-42-38(33)43-35-15-14-29(22-34(35)39)19-28-12-9-13-31(21-28)36-18-26(4)44-45-36/h5,7,9,12-15,21-25,27,40H,1,3,6,8,10-11,16-20H2,2,4H3,(H,41,42,43). The van der Waals surface area contributed by atoms with Gasteiger partial charge in [-0.1, -0.05) is 50.3 Å². The molecule has 1 unspecified atom stereocenters. The maximum Gasteiger partial charge on any atom is 0.146 e. The van der Waals surface area contributed by atoms with Crippen LogP contribution in [0.1, 0.15) is 73.8 Å². The molecule has 6 nitrogen and oxygen atoms in total. The number of halogens is 1. The Balaban J connectivity index is 1.37. The van der Waals surface area contributed by atoms with E-state index < -0.39 is 0 Å². The summed E-state index contributed by atoms with van der Waals surface area (Å²) in [5, 5.41) is 15.9. The van der Waals surface area contributed by atoms with Gasteiger partial charge < -0.3 is 10.6 Å². The summed E-state index contributed by atoms with van der Waals surface area (Å²) in [5.41, 5.74) is 8.91. The summed E-state index contributed by atoms with van der Waals surface area (Å²) in [6.45, 7) is 12.8. The van der Waals surface area contributed by atoms with Crippen molar-refractivity contribution < 1.29 is 4.39 Å². The lowest BCUT2D eigenvalue weighted by Crippen LogP contribution is -2.15. The molecule has 1 aliphatic heterocycles. The van der Waals surface area contributed by atoms with E-state index in [0.29, 0.717) is 23.8 Å². The first kappa shape index (κ1) is 31.8. The van der Waals surface area contributed by atoms with Crippen molar-refractivity contribution in [2.24, 2.45) is 16.1 Å². The van der Waals surface area contributed by atoms with Crippen molar-refractivity contribution in [3.63, 3.8) is 0 Å². The summed E-state index contributed by atoms with van der Waals surface area (Å²) in [6.07, 6.45) is 12.8. The number of benzene rings is 3. The number of allylic oxidation sites excluding steroid dienone is 1. The highest BCUT2D eigenvalue weighted by Crippen LogP contribution is 2.31. The van der Waals surface area contributed by atoms with Crippen molar-refractivity contribution in [2.45, 2.75) is 65.2 Å². The van der Waals surface area contributed by atoms with Crippen LogP contribution < -0.4 is 10.6 Å². The van der Waals surface area contributed by atoms with E-state index in [-0.39, 0.29) is 5.82 Å². The van der Waals surface area contributed by atoms with E-state index in [4.69, 9.17) is 0 Å². The van der Waals surface area contributed by atoms with Crippen LogP contribution in [0.15, 0.2) is 96.6 Å². The van der Waals surface area contributed by atoms with Gasteiger partial charge in [-0.25, -0.2) is 14.4 Å². The second-order valence-corrected chi connectivity index (χ2v) is 11.9. The Bertz CT molecular complexity index is 1720. The van der Waals surface area contributed by atoms with Gasteiger partial charge in [0.15, 0.2) is 0 Å². The zero-order valence-corrected chi connectivity index (χ0v) is 26.5. The lowest BCUT2D eigenvalue weighted by atomic mass is 9.88. The van der Waals surface area contributed by atoms with Crippen LogP contribution >= 0.6 is 0 Å². The molecule has 0 amide bonds. The summed E-state index contributed by atoms with van der Waals surface area (Å²) < 4.78 is 15.5. The quantitative estimate of drug-likeness (QED) is 0.0992. The predicted molar refractivity (Wildman–Crippen MR) is 186 cm³/mol. The van der Waals surface area contributed by atoms with Gasteiger partial charge in [-0.2, -0.15) is 10.2 Å². The van der Waals surface area contributed by atoms with Gasteiger partial charge >= 0.3 is 0 Å². The molecular formula is C38H43FN6. The third-order valence-electron chi connectivity index (χ3n) is 8.32. The molecule has 1 aliphatic rings. The van der Waals surface area contributed by atoms with E-state index in [1.807, 2.05) is 31.2 Å². The molecule has 0 spiro atoms. The Morgan fingerprint density at radius 1 is 0.978 bits per heavy atom. The zero-order chi connectivity index (χ0) is 31.6. The SMILES string of the molecule is C=CCCC(CCNC=C)Cc1cc2c(Nc3ccc(Cc4cccc(C5=NN=C(C)C5)c4)cc3F)ncnc2cc1CCC. The number of aromatic nitrogens is 2. The Labute approximate surface area is 266 Å². The van der Waals surface area contributed by atoms with Crippen molar-refractivity contribution in [3.8, 4) is 0 Å². The van der Waals surface area contributed by atoms with Gasteiger partial charge in [0.05, 0.1) is 16.9 Å². The van der Waals surface area contributed by atoms with Crippen LogP contribution in [-0.4, -0.2) is 27.9 Å². The fourth-order valence-corrected chi connectivity index (χ4v) is 6.00. The topological polar surface area (TPSA) is 74.6 Å². The number of nitrogens with one attached hydrogen (secondary N) is 2. The van der Waals surface area contributed by atoms with E-state index in [1.165, 1.54) is 11.1 Å². The summed E-state index contributed by atoms with van der Waals surface area (Å²) in [4.78, 5) is 9.13. The van der Waals surface area contributed by atoms with Crippen LogP contribution in [0.25, 0.3) is 10.9 Å². The van der Waals surface area contributed by atoms with Crippen molar-refractivity contribution in [3.05, 3.63) is 120 Å². The van der Waals surface area contributed by atoms with Gasteiger partial charge in [0.2, 0.25) is 0 Å². The van der Waals surface area contributed by atoms with E-state index in [2.05, 4.69) is 75.2 Å². The van der Waals surface area contributed by atoms with Crippen LogP contribution in [0.4, 0.5) is 15.9 Å². The Kier molecular flexibility index (Phi) is 10.9. The van der Waals surface area contributed by atoms with Gasteiger partial charge in [0, 0.05) is 24.1 Å². The minimum absolute atomic E-state index is 0.318. The average Bonchev–Trinajstić information content (AvgIpc) is 3.48. The van der Waals surface area contributed by atoms with Crippen molar-refractivity contribution in [1.29, 1.82) is 0 Å². The number of hydrogen-bond donors (Lipinski definition) is 2. The highest BCUT2D eigenvalue weighted by molar-refractivity contribution is 6.14. The molecular weight excluding hydrogens is 559 g/mol. The molecule has 2 N–H and O–H groups in total. The largest absolute Gasteiger partial charge is 0.391 e. The number of hydrogen-bond acceptors (Lipinski definition) is 6. The zero-order valence-electron chi connectivity index (χ0n) is 26.5. The molecule has 0 fully saturated rings. The normalized spacial score (nSPS) is 13.3. The lowest BCUT2D eigenvalue weighted by Gasteiger charge is -2.20. The number of aryl methyl sites for hydroxylation is 1. The molecule has 3 aromatic carbocycles. The van der Waals surface area contributed by atoms with E-state index in [9.17, 15) is 0 Å². The van der Waals surface area contributed by atoms with Gasteiger partial charge in [-0.15, -0.1) is 6.58 Å². The monoisotopic (exact) mass is 602 g/mol. The predicted octanol–water partition coefficient (Wildman–Crippen LogP) is 8.87. The van der Waals surface area contributed by atoms with E-state index in [1.54, 1.807) is 24.7 Å². The third-order valence-corrected chi connectivity index (χ3v) is 8.32. The molecule has 0 saturated carbocycles. The number of nitrogens with zero attached hydrogens (tertiary/aromatic N) is 4. The Morgan fingerprint density at radius 2 is 1.84 bits per heavy atom. The molecule has 232 valence electrons. The van der Waals surface area contributed by atoms with Crippen molar-refractivity contribution >= 4 is 33.8 Å². The van der Waals surface area contributed by atoms with Gasteiger partial charge in [-0.3, -0.25) is 0 Å². The molecule has 2 heterocycles. The minimum Gasteiger partial charge on any atom is -0.391 e. The molecule has 0 saturated heterocycles. The van der Waals surface area contributed by atoms with Crippen LogP contribution in [0.2, 0.25) is 0 Å². The fraction of sp³-hybridized carbons (Fsp3) is 0.316. The second-order valence-electron chi connectivity index (χ2n) is 11.9. The summed E-state index contributed by atoms with van der Waals surface area (Å²) in [6, 6.07) is 18.0. The van der Waals surface area contributed by atoms with Crippen LogP contribution in [0.5, 0.6) is 0 Å². The smallest absolute Gasteiger partial charge is 0.146 e. The molecule has 45 heavy (non-hydrogen) atoms. The van der Waals surface area contributed by atoms with E-state index in [0.717, 1.165) is 90.5 Å². The molecule has 7 heteroatoms. The molecule has 4 aromatic rings. The molecule has 5 rings (SSSR count). The van der Waals surface area contributed by atoms with Gasteiger partial charge in [-0.05, 0) is 116 Å². The Hall–Kier alpha value is -4.65. The number of rotatable bonds is 16. The minimum atomic E-state index is -0.318. The third kappa shape index (κ3) is 8.29. The highest BCUT2D eigenvalue weighted by Gasteiger charge is 2.16. The molecule has 0 radical (unpaired) electrons. The van der Waals surface area contributed by atoms with Crippen molar-refractivity contribution in [2.75, 3.05) is 11.9 Å². The molecule has 0 bridgehead atoms. The van der Waals surface area contributed by atoms with Gasteiger partial charge in [0.25, 0.3) is 0 Å². The summed E-state index contributed by atoms with van der Waals surface area (Å²) >= 11 is 0. The first-order valence-corrected chi connectivity index (χ1v) is 15.9. The van der Waals surface area contributed by atoms with Crippen LogP contribution in [-0.2, 0) is 19.3 Å². The maximum absolute atomic E-state index is 15.5. The number of anilines is 2. The Morgan fingerprint density at radius 3 is 2.60 bits per heavy atom.